The summed E-state index contributed by atoms with van der Waals surface area (Å²) in [5.41, 5.74) is 23.7. The fourth-order valence-electron chi connectivity index (χ4n) is 19.2. The number of benzene rings is 7. The van der Waals surface area contributed by atoms with Crippen molar-refractivity contribution in [3.63, 3.8) is 0 Å². The van der Waals surface area contributed by atoms with Gasteiger partial charge >= 0.3 is 0 Å². The molecular weight excluding hydrogens is 1170 g/mol. The highest BCUT2D eigenvalue weighted by Gasteiger charge is 2.60. The van der Waals surface area contributed by atoms with E-state index in [1.54, 1.807) is 12.1 Å². The van der Waals surface area contributed by atoms with Crippen molar-refractivity contribution in [1.82, 2.24) is 0 Å². The number of aromatic hydroxyl groups is 1. The van der Waals surface area contributed by atoms with Crippen LogP contribution < -0.4 is 16.2 Å². The first-order chi connectivity index (χ1) is 44.5. The maximum atomic E-state index is 14.6. The third-order valence-corrected chi connectivity index (χ3v) is 24.9. The van der Waals surface area contributed by atoms with Gasteiger partial charge in [-0.05, 0) is 222 Å². The highest BCUT2D eigenvalue weighted by atomic mass is 32.2. The van der Waals surface area contributed by atoms with Gasteiger partial charge in [-0.15, -0.1) is 0 Å². The molecule has 9 N–H and O–H groups in total. The van der Waals surface area contributed by atoms with Gasteiger partial charge in [0.1, 0.15) is 17.6 Å². The van der Waals surface area contributed by atoms with Gasteiger partial charge in [-0.1, -0.05) is 146 Å². The van der Waals surface area contributed by atoms with Gasteiger partial charge in [0.05, 0.1) is 23.1 Å². The zero-order valence-corrected chi connectivity index (χ0v) is 53.2. The summed E-state index contributed by atoms with van der Waals surface area (Å²) in [4.78, 5) is 5.39. The summed E-state index contributed by atoms with van der Waals surface area (Å²) in [6.45, 7) is 2.11. The first kappa shape index (κ1) is 60.9. The third kappa shape index (κ3) is 11.1. The van der Waals surface area contributed by atoms with E-state index in [9.17, 15) is 33.4 Å². The van der Waals surface area contributed by atoms with Gasteiger partial charge in [0.2, 0.25) is 5.72 Å². The summed E-state index contributed by atoms with van der Waals surface area (Å²) >= 11 is 0. The predicted molar refractivity (Wildman–Crippen MR) is 358 cm³/mol. The number of allylic oxidation sites excluding steroid dienone is 1. The van der Waals surface area contributed by atoms with Crippen molar-refractivity contribution in [1.29, 1.82) is 0 Å². The lowest BCUT2D eigenvalue weighted by Crippen LogP contribution is -2.60. The molecule has 3 fully saturated rings. The highest BCUT2D eigenvalue weighted by molar-refractivity contribution is 7.86. The average Bonchev–Trinajstić information content (AvgIpc) is 0.880. The number of guanidine groups is 1. The number of ether oxygens (including phenoxy) is 2. The molecule has 17 rings (SSSR count). The van der Waals surface area contributed by atoms with E-state index in [4.69, 9.17) is 25.9 Å². The number of aliphatic imine (C=N–C) groups is 1. The van der Waals surface area contributed by atoms with Gasteiger partial charge in [0.15, 0.2) is 5.96 Å². The molecule has 1 saturated heterocycles. The summed E-state index contributed by atoms with van der Waals surface area (Å²) in [5, 5.41) is 49.2. The molecule has 16 atom stereocenters. The van der Waals surface area contributed by atoms with Crippen LogP contribution in [0.25, 0.3) is 10.8 Å². The largest absolute Gasteiger partial charge is 0.508 e. The Morgan fingerprint density at radius 2 is 1.52 bits per heavy atom. The number of hydrogen-bond acceptors (Lipinski definition) is 9. The second kappa shape index (κ2) is 24.2. The molecule has 0 spiro atoms. The van der Waals surface area contributed by atoms with Crippen molar-refractivity contribution >= 4 is 26.9 Å². The van der Waals surface area contributed by atoms with E-state index < -0.39 is 62.6 Å². The molecule has 12 nitrogen and oxygen atoms in total. The number of aliphatic hydroxyl groups is 3. The van der Waals surface area contributed by atoms with Crippen molar-refractivity contribution in [3.8, 4) is 23.3 Å². The SMILES string of the molecule is CC1CCc2cc3ccc2C1CC(S(=O)(=O)O)C1C=C2CC(CC4CC(CO)CC#Cc5cc(O)ccc5C2O4)C1c1ccc(cc1)C(N=C(N)N)(C1CCC2CCC(c4ccc5c(c4)CCc4ccc6ccccc6c4CC5O)CC2(O)C1Cc1ccccc1)O3. The molecule has 0 amide bonds. The van der Waals surface area contributed by atoms with E-state index >= 15 is 0 Å². The molecule has 2 saturated carbocycles. The molecule has 92 heavy (non-hydrogen) atoms. The quantitative estimate of drug-likeness (QED) is 0.0262. The zero-order chi connectivity index (χ0) is 63.2. The van der Waals surface area contributed by atoms with E-state index in [2.05, 4.69) is 140 Å². The number of phenolic OH excluding ortho intramolecular Hbond substituents is 1. The minimum Gasteiger partial charge on any atom is -0.508 e. The molecule has 0 aromatic heterocycles. The molecule has 5 aliphatic carbocycles. The number of aryl methyl sites for hydroxylation is 3. The monoisotopic (exact) mass is 1250 g/mol. The first-order valence-corrected chi connectivity index (χ1v) is 35.3. The van der Waals surface area contributed by atoms with Crippen LogP contribution in [0, 0.1) is 53.3 Å². The van der Waals surface area contributed by atoms with Crippen LogP contribution in [0.5, 0.6) is 11.5 Å². The van der Waals surface area contributed by atoms with Crippen molar-refractivity contribution in [3.05, 3.63) is 224 Å². The minimum absolute atomic E-state index is 0.0205. The molecule has 476 valence electrons. The maximum absolute atomic E-state index is 14.6. The lowest BCUT2D eigenvalue weighted by Gasteiger charge is -2.57. The van der Waals surface area contributed by atoms with Gasteiger partial charge in [-0.2, -0.15) is 8.42 Å². The maximum Gasteiger partial charge on any atom is 0.268 e. The summed E-state index contributed by atoms with van der Waals surface area (Å²) in [6.07, 6.45) is 10.6. The molecule has 7 aromatic carbocycles. The number of fused-ring (bicyclic) bond motifs is 14. The number of nitrogens with zero attached hydrogens (tertiary/aromatic N) is 1. The van der Waals surface area contributed by atoms with E-state index in [-0.39, 0.29) is 66.3 Å². The van der Waals surface area contributed by atoms with Gasteiger partial charge in [0, 0.05) is 53.9 Å². The highest BCUT2D eigenvalue weighted by Crippen LogP contribution is 2.60. The number of rotatable bonds is 7. The van der Waals surface area contributed by atoms with Crippen molar-refractivity contribution in [2.45, 2.75) is 162 Å². The van der Waals surface area contributed by atoms with Gasteiger partial charge in [-0.25, -0.2) is 4.99 Å². The van der Waals surface area contributed by atoms with Crippen molar-refractivity contribution in [2.75, 3.05) is 6.61 Å². The van der Waals surface area contributed by atoms with E-state index in [0.717, 1.165) is 83.0 Å². The van der Waals surface area contributed by atoms with Crippen LogP contribution in [-0.4, -0.2) is 62.9 Å². The second-order valence-electron chi connectivity index (χ2n) is 28.7. The molecule has 13 heteroatoms. The van der Waals surface area contributed by atoms with Crippen LogP contribution in [-0.2, 0) is 52.7 Å². The fourth-order valence-corrected chi connectivity index (χ4v) is 20.3. The Morgan fingerprint density at radius 3 is 2.34 bits per heavy atom. The number of nitrogens with two attached hydrogens (primary N) is 2. The van der Waals surface area contributed by atoms with E-state index in [1.807, 2.05) is 18.2 Å². The van der Waals surface area contributed by atoms with Crippen LogP contribution in [0.4, 0.5) is 0 Å². The Bertz CT molecular complexity index is 4210. The smallest absolute Gasteiger partial charge is 0.268 e. The standard InChI is InChI=1S/C79H85N3O9S/c1-46-14-15-55-39-62-29-32-65(55)68(46)43-74(92(87,88)89)70-41-58-37-57(40-63-34-48(45-83)10-7-12-53-38-61(84)28-31-67(53)76(58)90-63)75(70)51-20-25-60(26-21-51)79(91-62,82-77(80)81)71-33-27-59-24-22-56(44-78(59,86)72(71)35-47-8-3-2-4-9-47)52-23-30-66-54(36-52)19-18-50-17-16-49-11-5-6-13-64(49)69(50)42-73(66)85/h2-6,8-9,11,13,16-17,20-21,23,25-26,28-32,36,38-39,41,46,48,56-57,59,63,68,70-76,83-86H,10,14-15,18-19,22,24,27,33-35,37,40,42-45H2,1H3,(H4,80,81,82)(H,87,88,89). The Hall–Kier alpha value is -7.28. The molecule has 5 heterocycles. The van der Waals surface area contributed by atoms with Crippen LogP contribution in [0.1, 0.15) is 174 Å². The molecule has 0 radical (unpaired) electrons. The minimum atomic E-state index is -4.72. The van der Waals surface area contributed by atoms with Gasteiger partial charge < -0.3 is 41.4 Å². The summed E-state index contributed by atoms with van der Waals surface area (Å²) < 4.78 is 56.1. The molecule has 7 aromatic rings. The Labute approximate surface area is 541 Å². The summed E-state index contributed by atoms with van der Waals surface area (Å²) in [6, 6.07) is 49.7. The molecule has 10 aliphatic rings. The summed E-state index contributed by atoms with van der Waals surface area (Å²) in [5.74, 6) is 4.54. The predicted octanol–water partition coefficient (Wildman–Crippen LogP) is 13.3. The van der Waals surface area contributed by atoms with Gasteiger partial charge in [-0.3, -0.25) is 4.55 Å². The number of hydrogen-bond donors (Lipinski definition) is 7. The van der Waals surface area contributed by atoms with Crippen molar-refractivity contribution < 1.29 is 42.9 Å². The fraction of sp³-hybridized carbons (Fsp3) is 0.430. The topological polar surface area (TPSA) is 218 Å². The Morgan fingerprint density at radius 1 is 0.761 bits per heavy atom. The van der Waals surface area contributed by atoms with Gasteiger partial charge in [0.25, 0.3) is 10.1 Å². The first-order valence-electron chi connectivity index (χ1n) is 33.8. The summed E-state index contributed by atoms with van der Waals surface area (Å²) in [7, 11) is -4.72. The average molecular weight is 1250 g/mol. The second-order valence-corrected chi connectivity index (χ2v) is 30.4. The molecule has 10 bridgehead atoms. The zero-order valence-electron chi connectivity index (χ0n) is 52.4. The van der Waals surface area contributed by atoms with E-state index in [0.29, 0.717) is 74.7 Å². The lowest BCUT2D eigenvalue weighted by atomic mass is 9.52. The normalized spacial score (nSPS) is 32.2. The lowest BCUT2D eigenvalue weighted by molar-refractivity contribution is -0.177. The Balaban J connectivity index is 0.861. The molecule has 16 unspecified atom stereocenters. The third-order valence-electron chi connectivity index (χ3n) is 23.6. The number of phenols is 1. The van der Waals surface area contributed by atoms with Crippen LogP contribution >= 0.6 is 0 Å². The molecular formula is C79H85N3O9S. The molecule has 5 aliphatic heterocycles. The number of aliphatic hydroxyl groups excluding tert-OH is 2. The van der Waals surface area contributed by atoms with Crippen LogP contribution in [0.3, 0.4) is 0 Å². The van der Waals surface area contributed by atoms with E-state index in [1.165, 1.54) is 27.5 Å². The van der Waals surface area contributed by atoms with Crippen molar-refractivity contribution in [2.24, 2.45) is 57.9 Å². The van der Waals surface area contributed by atoms with Crippen LogP contribution in [0.2, 0.25) is 0 Å². The Kier molecular flexibility index (Phi) is 16.1. The van der Waals surface area contributed by atoms with Crippen LogP contribution in [0.15, 0.2) is 162 Å².